The van der Waals surface area contributed by atoms with Crippen LogP contribution in [0.4, 0.5) is 0 Å². The predicted molar refractivity (Wildman–Crippen MR) is 86.7 cm³/mol. The average Bonchev–Trinajstić information content (AvgIpc) is 3.40. The summed E-state index contributed by atoms with van der Waals surface area (Å²) in [5, 5.41) is 2.69. The molecule has 23 heavy (non-hydrogen) atoms. The molecule has 1 heterocycles. The highest BCUT2D eigenvalue weighted by Gasteiger charge is 2.39. The van der Waals surface area contributed by atoms with E-state index in [4.69, 9.17) is 4.74 Å². The van der Waals surface area contributed by atoms with E-state index < -0.39 is 0 Å². The molecule has 1 aliphatic carbocycles. The molecule has 2 unspecified atom stereocenters. The van der Waals surface area contributed by atoms with Gasteiger partial charge in [0, 0.05) is 26.4 Å². The van der Waals surface area contributed by atoms with Crippen molar-refractivity contribution in [3.8, 4) is 0 Å². The van der Waals surface area contributed by atoms with Crippen LogP contribution in [0.2, 0.25) is 0 Å². The SMILES string of the molecule is CC(=O)NCCC(=O)N1CC(c2ccccc2)OC(C2CC2)C1. The first-order valence-electron chi connectivity index (χ1n) is 8.36. The molecule has 124 valence electrons. The summed E-state index contributed by atoms with van der Waals surface area (Å²) in [6.45, 7) is 3.13. The molecule has 2 atom stereocenters. The zero-order valence-electron chi connectivity index (χ0n) is 13.5. The lowest BCUT2D eigenvalue weighted by molar-refractivity contribution is -0.148. The van der Waals surface area contributed by atoms with Gasteiger partial charge in [0.1, 0.15) is 6.10 Å². The van der Waals surface area contributed by atoms with Gasteiger partial charge in [0.2, 0.25) is 11.8 Å². The van der Waals surface area contributed by atoms with Crippen LogP contribution in [0.25, 0.3) is 0 Å². The van der Waals surface area contributed by atoms with Gasteiger partial charge in [0.25, 0.3) is 0 Å². The van der Waals surface area contributed by atoms with E-state index in [1.165, 1.54) is 19.8 Å². The normalized spacial score (nSPS) is 24.3. The van der Waals surface area contributed by atoms with Gasteiger partial charge in [0.05, 0.1) is 12.6 Å². The number of carbonyl (C=O) groups excluding carboxylic acids is 2. The third kappa shape index (κ3) is 4.32. The van der Waals surface area contributed by atoms with Gasteiger partial charge in [-0.2, -0.15) is 0 Å². The summed E-state index contributed by atoms with van der Waals surface area (Å²) in [6.07, 6.45) is 2.82. The molecular formula is C18H24N2O3. The van der Waals surface area contributed by atoms with Gasteiger partial charge >= 0.3 is 0 Å². The fourth-order valence-corrected chi connectivity index (χ4v) is 3.08. The van der Waals surface area contributed by atoms with Crippen molar-refractivity contribution in [3.05, 3.63) is 35.9 Å². The number of ether oxygens (including phenoxy) is 1. The van der Waals surface area contributed by atoms with Gasteiger partial charge in [-0.1, -0.05) is 30.3 Å². The van der Waals surface area contributed by atoms with Crippen molar-refractivity contribution in [2.45, 2.75) is 38.4 Å². The van der Waals surface area contributed by atoms with Gasteiger partial charge in [-0.3, -0.25) is 9.59 Å². The van der Waals surface area contributed by atoms with Crippen molar-refractivity contribution in [1.82, 2.24) is 10.2 Å². The largest absolute Gasteiger partial charge is 0.366 e. The van der Waals surface area contributed by atoms with Crippen LogP contribution in [-0.2, 0) is 14.3 Å². The van der Waals surface area contributed by atoms with Crippen molar-refractivity contribution in [1.29, 1.82) is 0 Å². The smallest absolute Gasteiger partial charge is 0.224 e. The zero-order chi connectivity index (χ0) is 16.2. The summed E-state index contributed by atoms with van der Waals surface area (Å²) in [5.41, 5.74) is 1.12. The number of rotatable bonds is 5. The zero-order valence-corrected chi connectivity index (χ0v) is 13.5. The van der Waals surface area contributed by atoms with Crippen LogP contribution in [0.5, 0.6) is 0 Å². The Morgan fingerprint density at radius 1 is 1.22 bits per heavy atom. The van der Waals surface area contributed by atoms with Gasteiger partial charge in [-0.25, -0.2) is 0 Å². The van der Waals surface area contributed by atoms with Crippen LogP contribution in [0.3, 0.4) is 0 Å². The summed E-state index contributed by atoms with van der Waals surface area (Å²) < 4.78 is 6.26. The third-order valence-electron chi connectivity index (χ3n) is 4.51. The Kier molecular flexibility index (Phi) is 4.96. The lowest BCUT2D eigenvalue weighted by Crippen LogP contribution is -2.48. The molecule has 0 spiro atoms. The van der Waals surface area contributed by atoms with Gasteiger partial charge < -0.3 is 15.0 Å². The molecule has 0 bridgehead atoms. The van der Waals surface area contributed by atoms with Crippen molar-refractivity contribution in [2.24, 2.45) is 5.92 Å². The average molecular weight is 316 g/mol. The van der Waals surface area contributed by atoms with Crippen LogP contribution in [0, 0.1) is 5.92 Å². The Morgan fingerprint density at radius 3 is 2.61 bits per heavy atom. The van der Waals surface area contributed by atoms with Crippen molar-refractivity contribution < 1.29 is 14.3 Å². The molecule has 0 radical (unpaired) electrons. The van der Waals surface area contributed by atoms with Crippen LogP contribution < -0.4 is 5.32 Å². The number of hydrogen-bond acceptors (Lipinski definition) is 3. The summed E-state index contributed by atoms with van der Waals surface area (Å²) in [6, 6.07) is 10.1. The molecule has 1 aliphatic heterocycles. The highest BCUT2D eigenvalue weighted by Crippen LogP contribution is 2.39. The molecule has 1 aromatic rings. The number of amides is 2. The van der Waals surface area contributed by atoms with E-state index in [9.17, 15) is 9.59 Å². The first kappa shape index (κ1) is 16.0. The number of hydrogen-bond donors (Lipinski definition) is 1. The van der Waals surface area contributed by atoms with Crippen LogP contribution in [0.1, 0.15) is 37.9 Å². The minimum atomic E-state index is -0.0993. The van der Waals surface area contributed by atoms with Crippen molar-refractivity contribution >= 4 is 11.8 Å². The lowest BCUT2D eigenvalue weighted by atomic mass is 10.0. The number of nitrogens with zero attached hydrogens (tertiary/aromatic N) is 1. The number of carbonyl (C=O) groups is 2. The Hall–Kier alpha value is -1.88. The number of morpholine rings is 1. The van der Waals surface area contributed by atoms with Crippen LogP contribution in [0.15, 0.2) is 30.3 Å². The minimum absolute atomic E-state index is 0.0553. The monoisotopic (exact) mass is 316 g/mol. The van der Waals surface area contributed by atoms with Crippen LogP contribution >= 0.6 is 0 Å². The third-order valence-corrected chi connectivity index (χ3v) is 4.51. The van der Waals surface area contributed by atoms with E-state index in [1.807, 2.05) is 23.1 Å². The number of nitrogens with one attached hydrogen (secondary N) is 1. The standard InChI is InChI=1S/C18H24N2O3/c1-13(21)19-10-9-18(22)20-11-16(14-5-3-2-4-6-14)23-17(12-20)15-7-8-15/h2-6,15-17H,7-12H2,1H3,(H,19,21). The Balaban J connectivity index is 1.64. The highest BCUT2D eigenvalue weighted by molar-refractivity contribution is 5.78. The summed E-state index contributed by atoms with van der Waals surface area (Å²) in [5.74, 6) is 0.582. The van der Waals surface area contributed by atoms with Gasteiger partial charge in [-0.15, -0.1) is 0 Å². The molecule has 2 fully saturated rings. The second kappa shape index (κ2) is 7.13. The molecule has 0 aromatic heterocycles. The highest BCUT2D eigenvalue weighted by atomic mass is 16.5. The quantitative estimate of drug-likeness (QED) is 0.902. The van der Waals surface area contributed by atoms with E-state index in [1.54, 1.807) is 0 Å². The Labute approximate surface area is 137 Å². The van der Waals surface area contributed by atoms with Crippen molar-refractivity contribution in [2.75, 3.05) is 19.6 Å². The second-order valence-electron chi connectivity index (χ2n) is 6.44. The van der Waals surface area contributed by atoms with Gasteiger partial charge in [0.15, 0.2) is 0 Å². The second-order valence-corrected chi connectivity index (χ2v) is 6.44. The van der Waals surface area contributed by atoms with E-state index in [2.05, 4.69) is 17.4 Å². The summed E-state index contributed by atoms with van der Waals surface area (Å²) in [7, 11) is 0. The van der Waals surface area contributed by atoms with Gasteiger partial charge in [-0.05, 0) is 24.3 Å². The lowest BCUT2D eigenvalue weighted by Gasteiger charge is -2.38. The Bertz CT molecular complexity index is 557. The first-order valence-corrected chi connectivity index (χ1v) is 8.36. The van der Waals surface area contributed by atoms with E-state index in [0.717, 1.165) is 5.56 Å². The molecule has 5 nitrogen and oxygen atoms in total. The molecule has 2 amide bonds. The topological polar surface area (TPSA) is 58.6 Å². The fraction of sp³-hybridized carbons (Fsp3) is 0.556. The Morgan fingerprint density at radius 2 is 1.96 bits per heavy atom. The maximum absolute atomic E-state index is 12.5. The van der Waals surface area contributed by atoms with Crippen molar-refractivity contribution in [3.63, 3.8) is 0 Å². The van der Waals surface area contributed by atoms with E-state index in [-0.39, 0.29) is 24.0 Å². The fourth-order valence-electron chi connectivity index (χ4n) is 3.08. The molecule has 1 aromatic carbocycles. The number of benzene rings is 1. The molecule has 1 N–H and O–H groups in total. The molecule has 2 aliphatic rings. The van der Waals surface area contributed by atoms with E-state index in [0.29, 0.717) is 32.0 Å². The summed E-state index contributed by atoms with van der Waals surface area (Å²) in [4.78, 5) is 25.3. The molecule has 1 saturated heterocycles. The first-order chi connectivity index (χ1) is 11.1. The van der Waals surface area contributed by atoms with E-state index >= 15 is 0 Å². The predicted octanol–water partition coefficient (Wildman–Crippen LogP) is 1.89. The molecular weight excluding hydrogens is 292 g/mol. The summed E-state index contributed by atoms with van der Waals surface area (Å²) >= 11 is 0. The molecule has 1 saturated carbocycles. The maximum Gasteiger partial charge on any atom is 0.224 e. The molecule has 3 rings (SSSR count). The minimum Gasteiger partial charge on any atom is -0.366 e. The maximum atomic E-state index is 12.5. The van der Waals surface area contributed by atoms with Crippen LogP contribution in [-0.4, -0.2) is 42.5 Å². The molecule has 5 heteroatoms.